The quantitative estimate of drug-likeness (QED) is 0.852. The van der Waals surface area contributed by atoms with Crippen molar-refractivity contribution < 1.29 is 14.6 Å². The van der Waals surface area contributed by atoms with Crippen molar-refractivity contribution in [1.29, 1.82) is 0 Å². The highest BCUT2D eigenvalue weighted by molar-refractivity contribution is 5.36. The molecular formula is C13H18O3. The van der Waals surface area contributed by atoms with Crippen LogP contribution in [0.15, 0.2) is 18.2 Å². The van der Waals surface area contributed by atoms with Gasteiger partial charge in [-0.05, 0) is 43.0 Å². The van der Waals surface area contributed by atoms with Crippen molar-refractivity contribution in [2.45, 2.75) is 32.0 Å². The van der Waals surface area contributed by atoms with E-state index in [1.807, 2.05) is 25.1 Å². The number of hydrogen-bond acceptors (Lipinski definition) is 3. The molecule has 0 saturated carbocycles. The summed E-state index contributed by atoms with van der Waals surface area (Å²) in [5.74, 6) is 0.776. The Morgan fingerprint density at radius 1 is 1.50 bits per heavy atom. The van der Waals surface area contributed by atoms with Crippen molar-refractivity contribution in [2.24, 2.45) is 0 Å². The van der Waals surface area contributed by atoms with Crippen LogP contribution in [0.2, 0.25) is 0 Å². The molecule has 0 aliphatic carbocycles. The second kappa shape index (κ2) is 4.85. The molecule has 1 aliphatic heterocycles. The van der Waals surface area contributed by atoms with Crippen molar-refractivity contribution in [3.63, 3.8) is 0 Å². The lowest BCUT2D eigenvalue weighted by atomic mass is 9.98. The van der Waals surface area contributed by atoms with Gasteiger partial charge in [0, 0.05) is 6.61 Å². The van der Waals surface area contributed by atoms with E-state index in [2.05, 4.69) is 0 Å². The highest BCUT2D eigenvalue weighted by Crippen LogP contribution is 2.30. The van der Waals surface area contributed by atoms with Crippen LogP contribution in [0.3, 0.4) is 0 Å². The molecule has 0 bridgehead atoms. The zero-order valence-corrected chi connectivity index (χ0v) is 9.77. The van der Waals surface area contributed by atoms with Crippen molar-refractivity contribution >= 4 is 0 Å². The molecule has 3 heteroatoms. The summed E-state index contributed by atoms with van der Waals surface area (Å²) in [5, 5.41) is 10.2. The molecule has 88 valence electrons. The van der Waals surface area contributed by atoms with Crippen LogP contribution in [0, 0.1) is 6.92 Å². The Labute approximate surface area is 96.0 Å². The van der Waals surface area contributed by atoms with Gasteiger partial charge >= 0.3 is 0 Å². The lowest BCUT2D eigenvalue weighted by molar-refractivity contribution is -0.00296. The molecular weight excluding hydrogens is 204 g/mol. The summed E-state index contributed by atoms with van der Waals surface area (Å²) in [6.07, 6.45) is 1.35. The van der Waals surface area contributed by atoms with Crippen LogP contribution in [-0.2, 0) is 4.74 Å². The predicted molar refractivity (Wildman–Crippen MR) is 61.7 cm³/mol. The van der Waals surface area contributed by atoms with Gasteiger partial charge < -0.3 is 14.6 Å². The maximum absolute atomic E-state index is 10.2. The molecule has 1 aromatic carbocycles. The zero-order chi connectivity index (χ0) is 11.5. The van der Waals surface area contributed by atoms with E-state index in [1.165, 1.54) is 0 Å². The number of aliphatic hydroxyl groups is 1. The Morgan fingerprint density at radius 2 is 2.31 bits per heavy atom. The predicted octanol–water partition coefficient (Wildman–Crippen LogP) is 2.22. The minimum absolute atomic E-state index is 0.0641. The molecule has 0 amide bonds. The fourth-order valence-corrected chi connectivity index (χ4v) is 2.12. The van der Waals surface area contributed by atoms with Crippen LogP contribution >= 0.6 is 0 Å². The van der Waals surface area contributed by atoms with Crippen LogP contribution in [0.1, 0.15) is 30.1 Å². The van der Waals surface area contributed by atoms with Crippen molar-refractivity contribution in [2.75, 3.05) is 13.7 Å². The molecule has 0 spiro atoms. The second-order valence-corrected chi connectivity index (χ2v) is 4.22. The molecule has 1 aromatic rings. The lowest BCUT2D eigenvalue weighted by Crippen LogP contribution is -2.18. The summed E-state index contributed by atoms with van der Waals surface area (Å²) in [4.78, 5) is 0. The molecule has 2 rings (SSSR count). The zero-order valence-electron chi connectivity index (χ0n) is 9.77. The number of aryl methyl sites for hydroxylation is 1. The van der Waals surface area contributed by atoms with Crippen molar-refractivity contribution in [1.82, 2.24) is 0 Å². The first-order valence-electron chi connectivity index (χ1n) is 5.66. The van der Waals surface area contributed by atoms with Crippen molar-refractivity contribution in [3.8, 4) is 5.75 Å². The first-order chi connectivity index (χ1) is 7.72. The number of benzene rings is 1. The molecule has 1 saturated heterocycles. The summed E-state index contributed by atoms with van der Waals surface area (Å²) >= 11 is 0. The van der Waals surface area contributed by atoms with E-state index in [9.17, 15) is 5.11 Å². The Bertz CT molecular complexity index is 356. The highest BCUT2D eigenvalue weighted by Gasteiger charge is 2.26. The smallest absolute Gasteiger partial charge is 0.119 e. The molecule has 1 fully saturated rings. The van der Waals surface area contributed by atoms with E-state index >= 15 is 0 Å². The summed E-state index contributed by atoms with van der Waals surface area (Å²) in [6, 6.07) is 5.76. The molecule has 0 aromatic heterocycles. The Kier molecular flexibility index (Phi) is 3.46. The Balaban J connectivity index is 2.23. The number of hydrogen-bond donors (Lipinski definition) is 1. The summed E-state index contributed by atoms with van der Waals surface area (Å²) in [7, 11) is 1.63. The monoisotopic (exact) mass is 222 g/mol. The number of rotatable bonds is 3. The molecule has 3 nitrogen and oxygen atoms in total. The number of ether oxygens (including phenoxy) is 2. The third kappa shape index (κ3) is 2.20. The Hall–Kier alpha value is -1.06. The van der Waals surface area contributed by atoms with E-state index in [4.69, 9.17) is 9.47 Å². The maximum Gasteiger partial charge on any atom is 0.119 e. The molecule has 16 heavy (non-hydrogen) atoms. The van der Waals surface area contributed by atoms with Gasteiger partial charge in [0.2, 0.25) is 0 Å². The number of aliphatic hydroxyl groups excluding tert-OH is 1. The van der Waals surface area contributed by atoms with Gasteiger partial charge in [-0.25, -0.2) is 0 Å². The minimum Gasteiger partial charge on any atom is -0.497 e. The molecule has 1 aliphatic rings. The van der Waals surface area contributed by atoms with E-state index in [0.29, 0.717) is 0 Å². The molecule has 0 radical (unpaired) electrons. The standard InChI is InChI=1S/C13H18O3/c1-9-5-6-10(15-2)8-11(9)13(14)12-4-3-7-16-12/h5-6,8,12-14H,3-4,7H2,1-2H3. The van der Waals surface area contributed by atoms with Gasteiger partial charge in [-0.2, -0.15) is 0 Å². The Morgan fingerprint density at radius 3 is 2.94 bits per heavy atom. The van der Waals surface area contributed by atoms with Gasteiger partial charge in [0.1, 0.15) is 11.9 Å². The number of methoxy groups -OCH3 is 1. The minimum atomic E-state index is -0.544. The maximum atomic E-state index is 10.2. The van der Waals surface area contributed by atoms with Crippen LogP contribution in [0.4, 0.5) is 0 Å². The fraction of sp³-hybridized carbons (Fsp3) is 0.538. The first kappa shape index (κ1) is 11.4. The summed E-state index contributed by atoms with van der Waals surface area (Å²) in [5.41, 5.74) is 1.98. The van der Waals surface area contributed by atoms with Gasteiger partial charge in [-0.1, -0.05) is 6.07 Å². The molecule has 1 N–H and O–H groups in total. The van der Waals surface area contributed by atoms with Crippen LogP contribution < -0.4 is 4.74 Å². The van der Waals surface area contributed by atoms with Gasteiger partial charge in [0.05, 0.1) is 13.2 Å². The first-order valence-corrected chi connectivity index (χ1v) is 5.66. The van der Waals surface area contributed by atoms with Gasteiger partial charge in [0.15, 0.2) is 0 Å². The summed E-state index contributed by atoms with van der Waals surface area (Å²) < 4.78 is 10.7. The van der Waals surface area contributed by atoms with Gasteiger partial charge in [-0.15, -0.1) is 0 Å². The average Bonchev–Trinajstić information content (AvgIpc) is 2.82. The molecule has 2 atom stereocenters. The van der Waals surface area contributed by atoms with Crippen LogP contribution in [0.5, 0.6) is 5.75 Å². The fourth-order valence-electron chi connectivity index (χ4n) is 2.12. The second-order valence-electron chi connectivity index (χ2n) is 4.22. The van der Waals surface area contributed by atoms with Crippen molar-refractivity contribution in [3.05, 3.63) is 29.3 Å². The average molecular weight is 222 g/mol. The lowest BCUT2D eigenvalue weighted by Gasteiger charge is -2.20. The van der Waals surface area contributed by atoms with Gasteiger partial charge in [-0.3, -0.25) is 0 Å². The normalized spacial score (nSPS) is 22.1. The molecule has 2 unspecified atom stereocenters. The SMILES string of the molecule is COc1ccc(C)c(C(O)C2CCCO2)c1. The van der Waals surface area contributed by atoms with E-state index in [1.54, 1.807) is 7.11 Å². The third-order valence-corrected chi connectivity index (χ3v) is 3.12. The topological polar surface area (TPSA) is 38.7 Å². The molecule has 1 heterocycles. The van der Waals surface area contributed by atoms with E-state index in [-0.39, 0.29) is 6.10 Å². The third-order valence-electron chi connectivity index (χ3n) is 3.12. The highest BCUT2D eigenvalue weighted by atomic mass is 16.5. The van der Waals surface area contributed by atoms with E-state index in [0.717, 1.165) is 36.3 Å². The van der Waals surface area contributed by atoms with Crippen LogP contribution in [-0.4, -0.2) is 24.9 Å². The van der Waals surface area contributed by atoms with E-state index < -0.39 is 6.10 Å². The van der Waals surface area contributed by atoms with Gasteiger partial charge in [0.25, 0.3) is 0 Å². The largest absolute Gasteiger partial charge is 0.497 e. The van der Waals surface area contributed by atoms with Crippen LogP contribution in [0.25, 0.3) is 0 Å². The summed E-state index contributed by atoms with van der Waals surface area (Å²) in [6.45, 7) is 2.75.